The molecule has 2 heterocycles. The van der Waals surface area contributed by atoms with Crippen LogP contribution >= 0.6 is 11.6 Å². The number of aliphatic imine (C=N–C) groups is 1. The zero-order valence-electron chi connectivity index (χ0n) is 14.5. The van der Waals surface area contributed by atoms with Gasteiger partial charge in [-0.3, -0.25) is 9.98 Å². The van der Waals surface area contributed by atoms with Gasteiger partial charge in [0.25, 0.3) is 0 Å². The smallest absolute Gasteiger partial charge is 0.101 e. The van der Waals surface area contributed by atoms with Gasteiger partial charge in [0.05, 0.1) is 12.2 Å². The van der Waals surface area contributed by atoms with E-state index in [-0.39, 0.29) is 0 Å². The molecule has 5 heteroatoms. The van der Waals surface area contributed by atoms with Crippen LogP contribution in [0.3, 0.4) is 0 Å². The lowest BCUT2D eigenvalue weighted by molar-refractivity contribution is 0.884. The van der Waals surface area contributed by atoms with Gasteiger partial charge in [0.15, 0.2) is 0 Å². The maximum absolute atomic E-state index is 6.03. The molecule has 2 aromatic carbocycles. The third-order valence-electron chi connectivity index (χ3n) is 4.11. The predicted molar refractivity (Wildman–Crippen MR) is 110 cm³/mol. The summed E-state index contributed by atoms with van der Waals surface area (Å²) in [6, 6.07) is 21.6. The number of para-hydroxylation sites is 1. The van der Waals surface area contributed by atoms with Gasteiger partial charge in [-0.15, -0.1) is 0 Å². The molecule has 0 aliphatic carbocycles. The average molecular weight is 373 g/mol. The molecule has 0 bridgehead atoms. The van der Waals surface area contributed by atoms with Gasteiger partial charge < -0.3 is 0 Å². The van der Waals surface area contributed by atoms with Crippen molar-refractivity contribution in [3.05, 3.63) is 101 Å². The Balaban J connectivity index is 1.69. The molecule has 0 aliphatic heterocycles. The molecule has 0 amide bonds. The molecule has 27 heavy (non-hydrogen) atoms. The van der Waals surface area contributed by atoms with Crippen molar-refractivity contribution in [1.82, 2.24) is 14.8 Å². The fraction of sp³-hybridized carbons (Fsp3) is 0.0455. The summed E-state index contributed by atoms with van der Waals surface area (Å²) in [6.07, 6.45) is 7.44. The Morgan fingerprint density at radius 3 is 2.52 bits per heavy atom. The van der Waals surface area contributed by atoms with Crippen LogP contribution in [0.1, 0.15) is 11.1 Å². The van der Waals surface area contributed by atoms with Crippen molar-refractivity contribution in [2.45, 2.75) is 6.54 Å². The van der Waals surface area contributed by atoms with Crippen molar-refractivity contribution >= 4 is 17.8 Å². The maximum atomic E-state index is 6.03. The van der Waals surface area contributed by atoms with Crippen LogP contribution in [0.5, 0.6) is 0 Å². The Hall–Kier alpha value is -3.24. The third-order valence-corrected chi connectivity index (χ3v) is 4.36. The van der Waals surface area contributed by atoms with E-state index in [9.17, 15) is 0 Å². The Morgan fingerprint density at radius 1 is 0.963 bits per heavy atom. The van der Waals surface area contributed by atoms with Crippen molar-refractivity contribution in [3.63, 3.8) is 0 Å². The molecule has 4 aromatic rings. The topological polar surface area (TPSA) is 43.1 Å². The summed E-state index contributed by atoms with van der Waals surface area (Å²) in [5.74, 6) is 0. The van der Waals surface area contributed by atoms with E-state index in [1.165, 1.54) is 0 Å². The number of aromatic nitrogens is 3. The summed E-state index contributed by atoms with van der Waals surface area (Å²) in [5, 5.41) is 5.48. The largest absolute Gasteiger partial charge is 0.288 e. The standard InChI is InChI=1S/C22H17ClN4/c23-20-10-8-18(9-11-20)22-19(15-25-14-17-5-4-12-24-13-17)16-27(26-22)21-6-2-1-3-7-21/h1-13,15-16H,14H2/b25-15+. The molecule has 0 saturated heterocycles. The number of rotatable bonds is 5. The van der Waals surface area contributed by atoms with E-state index >= 15 is 0 Å². The van der Waals surface area contributed by atoms with Crippen LogP contribution in [-0.2, 0) is 6.54 Å². The van der Waals surface area contributed by atoms with E-state index in [0.717, 1.165) is 28.1 Å². The van der Waals surface area contributed by atoms with Gasteiger partial charge in [-0.2, -0.15) is 5.10 Å². The molecule has 0 saturated carbocycles. The molecule has 2 aromatic heterocycles. The highest BCUT2D eigenvalue weighted by molar-refractivity contribution is 6.30. The molecule has 4 rings (SSSR count). The molecular weight excluding hydrogens is 356 g/mol. The monoisotopic (exact) mass is 372 g/mol. The van der Waals surface area contributed by atoms with E-state index in [2.05, 4.69) is 9.98 Å². The number of benzene rings is 2. The van der Waals surface area contributed by atoms with Crippen molar-refractivity contribution < 1.29 is 0 Å². The third kappa shape index (κ3) is 4.13. The van der Waals surface area contributed by atoms with Crippen LogP contribution in [0.4, 0.5) is 0 Å². The van der Waals surface area contributed by atoms with Gasteiger partial charge in [-0.1, -0.05) is 48.0 Å². The van der Waals surface area contributed by atoms with Gasteiger partial charge in [0, 0.05) is 41.0 Å². The van der Waals surface area contributed by atoms with E-state index in [0.29, 0.717) is 11.6 Å². The van der Waals surface area contributed by atoms with Crippen molar-refractivity contribution in [3.8, 4) is 16.9 Å². The molecule has 0 unspecified atom stereocenters. The fourth-order valence-corrected chi connectivity index (χ4v) is 2.89. The SMILES string of the molecule is Clc1ccc(-c2nn(-c3ccccc3)cc2/C=N/Cc2cccnc2)cc1. The first kappa shape index (κ1) is 17.2. The van der Waals surface area contributed by atoms with E-state index in [1.54, 1.807) is 6.20 Å². The van der Waals surface area contributed by atoms with E-state index in [4.69, 9.17) is 16.7 Å². The number of halogens is 1. The quantitative estimate of drug-likeness (QED) is 0.451. The summed E-state index contributed by atoms with van der Waals surface area (Å²) in [6.45, 7) is 0.574. The second-order valence-corrected chi connectivity index (χ2v) is 6.49. The van der Waals surface area contributed by atoms with Gasteiger partial charge in [-0.05, 0) is 35.9 Å². The Labute approximate surface area is 162 Å². The van der Waals surface area contributed by atoms with Crippen molar-refractivity contribution in [1.29, 1.82) is 0 Å². The van der Waals surface area contributed by atoms with Crippen LogP contribution in [0.15, 0.2) is 90.3 Å². The fourth-order valence-electron chi connectivity index (χ4n) is 2.77. The number of pyridine rings is 1. The van der Waals surface area contributed by atoms with Gasteiger partial charge in [-0.25, -0.2) is 4.68 Å². The van der Waals surface area contributed by atoms with E-state index < -0.39 is 0 Å². The molecule has 0 atom stereocenters. The highest BCUT2D eigenvalue weighted by atomic mass is 35.5. The minimum atomic E-state index is 0.574. The second kappa shape index (κ2) is 7.98. The Morgan fingerprint density at radius 2 is 1.78 bits per heavy atom. The van der Waals surface area contributed by atoms with Crippen molar-refractivity contribution in [2.75, 3.05) is 0 Å². The molecule has 0 N–H and O–H groups in total. The summed E-state index contributed by atoms with van der Waals surface area (Å²) >= 11 is 6.03. The van der Waals surface area contributed by atoms with Crippen LogP contribution in [0, 0.1) is 0 Å². The van der Waals surface area contributed by atoms with Gasteiger partial charge >= 0.3 is 0 Å². The highest BCUT2D eigenvalue weighted by Gasteiger charge is 2.11. The molecule has 0 aliphatic rings. The summed E-state index contributed by atoms with van der Waals surface area (Å²) < 4.78 is 1.87. The summed E-state index contributed by atoms with van der Waals surface area (Å²) in [7, 11) is 0. The Kier molecular flexibility index (Phi) is 5.08. The molecule has 132 valence electrons. The molecule has 4 nitrogen and oxygen atoms in total. The molecular formula is C22H17ClN4. The van der Waals surface area contributed by atoms with Crippen LogP contribution in [0.2, 0.25) is 5.02 Å². The highest BCUT2D eigenvalue weighted by Crippen LogP contribution is 2.24. The molecule has 0 radical (unpaired) electrons. The number of nitrogens with zero attached hydrogens (tertiary/aromatic N) is 4. The zero-order valence-corrected chi connectivity index (χ0v) is 15.3. The maximum Gasteiger partial charge on any atom is 0.101 e. The predicted octanol–water partition coefficient (Wildman–Crippen LogP) is 5.21. The van der Waals surface area contributed by atoms with Crippen molar-refractivity contribution in [2.24, 2.45) is 4.99 Å². The lowest BCUT2D eigenvalue weighted by atomic mass is 10.1. The van der Waals surface area contributed by atoms with E-state index in [1.807, 2.05) is 90.0 Å². The van der Waals surface area contributed by atoms with Crippen LogP contribution < -0.4 is 0 Å². The van der Waals surface area contributed by atoms with Crippen LogP contribution in [0.25, 0.3) is 16.9 Å². The first-order valence-electron chi connectivity index (χ1n) is 8.59. The average Bonchev–Trinajstić information content (AvgIpc) is 3.14. The lowest BCUT2D eigenvalue weighted by Crippen LogP contribution is -1.93. The summed E-state index contributed by atoms with van der Waals surface area (Å²) in [4.78, 5) is 8.70. The van der Waals surface area contributed by atoms with Crippen LogP contribution in [-0.4, -0.2) is 21.0 Å². The summed E-state index contributed by atoms with van der Waals surface area (Å²) in [5.41, 5.74) is 4.88. The lowest BCUT2D eigenvalue weighted by Gasteiger charge is -2.00. The minimum absolute atomic E-state index is 0.574. The second-order valence-electron chi connectivity index (χ2n) is 6.05. The minimum Gasteiger partial charge on any atom is -0.288 e. The molecule has 0 spiro atoms. The normalized spacial score (nSPS) is 11.1. The van der Waals surface area contributed by atoms with Gasteiger partial charge in [0.2, 0.25) is 0 Å². The Bertz CT molecular complexity index is 1040. The zero-order chi connectivity index (χ0) is 18.5. The first-order valence-corrected chi connectivity index (χ1v) is 8.97. The number of hydrogen-bond acceptors (Lipinski definition) is 3. The molecule has 0 fully saturated rings. The first-order chi connectivity index (χ1) is 13.3. The number of hydrogen-bond donors (Lipinski definition) is 0. The van der Waals surface area contributed by atoms with Gasteiger partial charge in [0.1, 0.15) is 5.69 Å².